The molecule has 0 aliphatic rings. The van der Waals surface area contributed by atoms with Gasteiger partial charge in [-0.15, -0.1) is 5.10 Å². The van der Waals surface area contributed by atoms with E-state index in [9.17, 15) is 9.90 Å². The van der Waals surface area contributed by atoms with Gasteiger partial charge in [-0.2, -0.15) is 0 Å². The van der Waals surface area contributed by atoms with Crippen molar-refractivity contribution >= 4 is 17.5 Å². The first-order valence-electron chi connectivity index (χ1n) is 5.34. The van der Waals surface area contributed by atoms with E-state index in [4.69, 9.17) is 9.52 Å². The SMILES string of the molecule is CC(C)c1nnsc1C(O)c1ccc(C(=O)O)o1. The topological polar surface area (TPSA) is 96.5 Å². The number of carboxylic acid groups (broad SMARTS) is 1. The highest BCUT2D eigenvalue weighted by atomic mass is 32.1. The predicted octanol–water partition coefficient (Wildman–Crippen LogP) is 2.03. The lowest BCUT2D eigenvalue weighted by molar-refractivity contribution is 0.0655. The first-order chi connectivity index (χ1) is 8.50. The van der Waals surface area contributed by atoms with Crippen molar-refractivity contribution in [2.24, 2.45) is 0 Å². The third kappa shape index (κ3) is 2.27. The molecule has 1 atom stereocenters. The Bertz CT molecular complexity index is 561. The van der Waals surface area contributed by atoms with Crippen LogP contribution in [0.4, 0.5) is 0 Å². The van der Waals surface area contributed by atoms with E-state index in [1.54, 1.807) is 0 Å². The molecule has 0 aliphatic carbocycles. The van der Waals surface area contributed by atoms with E-state index in [0.29, 0.717) is 10.6 Å². The molecule has 6 nitrogen and oxygen atoms in total. The molecule has 0 aliphatic heterocycles. The Hall–Kier alpha value is -1.73. The quantitative estimate of drug-likeness (QED) is 0.880. The minimum absolute atomic E-state index is 0.127. The number of aliphatic hydroxyl groups excluding tert-OH is 1. The van der Waals surface area contributed by atoms with Crippen molar-refractivity contribution in [2.75, 3.05) is 0 Å². The Morgan fingerprint density at radius 1 is 1.44 bits per heavy atom. The number of rotatable bonds is 4. The molecule has 7 heteroatoms. The summed E-state index contributed by atoms with van der Waals surface area (Å²) in [6.45, 7) is 3.88. The molecule has 0 bridgehead atoms. The minimum atomic E-state index is -1.17. The summed E-state index contributed by atoms with van der Waals surface area (Å²) in [5.41, 5.74) is 0.695. The summed E-state index contributed by atoms with van der Waals surface area (Å²) < 4.78 is 8.87. The fourth-order valence-corrected chi connectivity index (χ4v) is 2.34. The molecule has 0 amide bonds. The van der Waals surface area contributed by atoms with Gasteiger partial charge >= 0.3 is 5.97 Å². The van der Waals surface area contributed by atoms with Crippen molar-refractivity contribution in [3.63, 3.8) is 0 Å². The molecule has 1 unspecified atom stereocenters. The minimum Gasteiger partial charge on any atom is -0.475 e. The first-order valence-corrected chi connectivity index (χ1v) is 6.11. The van der Waals surface area contributed by atoms with Gasteiger partial charge in [-0.1, -0.05) is 18.3 Å². The Kier molecular flexibility index (Phi) is 3.44. The van der Waals surface area contributed by atoms with Crippen LogP contribution < -0.4 is 0 Å². The van der Waals surface area contributed by atoms with Crippen molar-refractivity contribution in [1.82, 2.24) is 9.59 Å². The van der Waals surface area contributed by atoms with Crippen LogP contribution >= 0.6 is 11.5 Å². The van der Waals surface area contributed by atoms with Crippen LogP contribution in [0.1, 0.15) is 52.8 Å². The average Bonchev–Trinajstić information content (AvgIpc) is 2.97. The lowest BCUT2D eigenvalue weighted by Crippen LogP contribution is -2.02. The number of furan rings is 1. The number of carboxylic acids is 1. The molecule has 0 aromatic carbocycles. The van der Waals surface area contributed by atoms with E-state index in [0.717, 1.165) is 11.5 Å². The zero-order valence-corrected chi connectivity index (χ0v) is 10.6. The fourth-order valence-electron chi connectivity index (χ4n) is 1.54. The molecule has 18 heavy (non-hydrogen) atoms. The molecule has 2 aromatic heterocycles. The summed E-state index contributed by atoms with van der Waals surface area (Å²) in [5.74, 6) is -1.06. The van der Waals surface area contributed by atoms with Crippen LogP contribution in [0.3, 0.4) is 0 Å². The van der Waals surface area contributed by atoms with Gasteiger partial charge in [0.1, 0.15) is 11.9 Å². The molecule has 2 aromatic rings. The average molecular weight is 268 g/mol. The third-order valence-electron chi connectivity index (χ3n) is 2.44. The van der Waals surface area contributed by atoms with E-state index in [2.05, 4.69) is 9.59 Å². The Balaban J connectivity index is 2.32. The van der Waals surface area contributed by atoms with Crippen LogP contribution in [-0.4, -0.2) is 25.8 Å². The number of hydrogen-bond donors (Lipinski definition) is 2. The highest BCUT2D eigenvalue weighted by molar-refractivity contribution is 7.05. The molecule has 2 heterocycles. The number of hydrogen-bond acceptors (Lipinski definition) is 6. The van der Waals surface area contributed by atoms with Gasteiger partial charge in [0.05, 0.1) is 10.6 Å². The molecule has 2 N–H and O–H groups in total. The predicted molar refractivity (Wildman–Crippen MR) is 63.7 cm³/mol. The maximum Gasteiger partial charge on any atom is 0.371 e. The second kappa shape index (κ2) is 4.87. The number of carbonyl (C=O) groups is 1. The number of aliphatic hydroxyl groups is 1. The zero-order valence-electron chi connectivity index (χ0n) is 9.82. The van der Waals surface area contributed by atoms with E-state index in [-0.39, 0.29) is 17.4 Å². The van der Waals surface area contributed by atoms with Crippen molar-refractivity contribution in [3.05, 3.63) is 34.2 Å². The fraction of sp³-hybridized carbons (Fsp3) is 0.364. The summed E-state index contributed by atoms with van der Waals surface area (Å²) in [6.07, 6.45) is -1.03. The molecule has 2 rings (SSSR count). The van der Waals surface area contributed by atoms with Gasteiger partial charge in [0.25, 0.3) is 0 Å². The first kappa shape index (κ1) is 12.7. The number of aromatic nitrogens is 2. The van der Waals surface area contributed by atoms with Crippen molar-refractivity contribution in [1.29, 1.82) is 0 Å². The van der Waals surface area contributed by atoms with Gasteiger partial charge in [0.2, 0.25) is 5.76 Å². The summed E-state index contributed by atoms with van der Waals surface area (Å²) in [6, 6.07) is 2.75. The van der Waals surface area contributed by atoms with E-state index in [1.165, 1.54) is 12.1 Å². The summed E-state index contributed by atoms with van der Waals surface area (Å²) in [7, 11) is 0. The third-order valence-corrected chi connectivity index (χ3v) is 3.23. The highest BCUT2D eigenvalue weighted by Crippen LogP contribution is 2.31. The van der Waals surface area contributed by atoms with Crippen LogP contribution in [0.25, 0.3) is 0 Å². The molecule has 0 saturated carbocycles. The van der Waals surface area contributed by atoms with Crippen molar-refractivity contribution in [2.45, 2.75) is 25.9 Å². The second-order valence-corrected chi connectivity index (χ2v) is 4.87. The van der Waals surface area contributed by atoms with Crippen LogP contribution in [-0.2, 0) is 0 Å². The summed E-state index contributed by atoms with van der Waals surface area (Å²) in [4.78, 5) is 11.3. The van der Waals surface area contributed by atoms with Gasteiger partial charge in [-0.25, -0.2) is 4.79 Å². The van der Waals surface area contributed by atoms with Crippen LogP contribution in [0, 0.1) is 0 Å². The van der Waals surface area contributed by atoms with Crippen molar-refractivity contribution in [3.8, 4) is 0 Å². The van der Waals surface area contributed by atoms with E-state index in [1.807, 2.05) is 13.8 Å². The van der Waals surface area contributed by atoms with Gasteiger partial charge in [0, 0.05) is 0 Å². The lowest BCUT2D eigenvalue weighted by atomic mass is 10.1. The Morgan fingerprint density at radius 2 is 2.17 bits per heavy atom. The molecule has 0 radical (unpaired) electrons. The van der Waals surface area contributed by atoms with Gasteiger partial charge in [0.15, 0.2) is 0 Å². The van der Waals surface area contributed by atoms with Crippen LogP contribution in [0.5, 0.6) is 0 Å². The van der Waals surface area contributed by atoms with Crippen LogP contribution in [0.15, 0.2) is 16.5 Å². The summed E-state index contributed by atoms with van der Waals surface area (Å²) in [5, 5.41) is 22.9. The molecule has 0 spiro atoms. The standard InChI is InChI=1S/C11H12N2O4S/c1-5(2)8-10(18-13-12-8)9(14)6-3-4-7(17-6)11(15)16/h3-5,9,14H,1-2H3,(H,15,16). The smallest absolute Gasteiger partial charge is 0.371 e. The van der Waals surface area contributed by atoms with Gasteiger partial charge in [-0.3, -0.25) is 0 Å². The molecule has 0 saturated heterocycles. The number of nitrogens with zero attached hydrogens (tertiary/aromatic N) is 2. The van der Waals surface area contributed by atoms with Crippen LogP contribution in [0.2, 0.25) is 0 Å². The monoisotopic (exact) mass is 268 g/mol. The van der Waals surface area contributed by atoms with E-state index < -0.39 is 12.1 Å². The Morgan fingerprint density at radius 3 is 2.72 bits per heavy atom. The second-order valence-electron chi connectivity index (χ2n) is 4.09. The largest absolute Gasteiger partial charge is 0.475 e. The lowest BCUT2D eigenvalue weighted by Gasteiger charge is -2.08. The maximum absolute atomic E-state index is 10.7. The molecule has 0 fully saturated rings. The van der Waals surface area contributed by atoms with Gasteiger partial charge in [-0.05, 0) is 29.6 Å². The van der Waals surface area contributed by atoms with Crippen molar-refractivity contribution < 1.29 is 19.4 Å². The highest BCUT2D eigenvalue weighted by Gasteiger charge is 2.24. The Labute approximate surface area is 107 Å². The van der Waals surface area contributed by atoms with E-state index >= 15 is 0 Å². The maximum atomic E-state index is 10.7. The number of aromatic carboxylic acids is 1. The summed E-state index contributed by atoms with van der Waals surface area (Å²) >= 11 is 1.08. The molecular formula is C11H12N2O4S. The normalized spacial score (nSPS) is 12.9. The molecular weight excluding hydrogens is 256 g/mol. The molecule has 96 valence electrons. The zero-order chi connectivity index (χ0) is 13.3. The van der Waals surface area contributed by atoms with Gasteiger partial charge < -0.3 is 14.6 Å².